The summed E-state index contributed by atoms with van der Waals surface area (Å²) in [5.74, 6) is 0.947. The van der Waals surface area contributed by atoms with Gasteiger partial charge in [-0.1, -0.05) is 23.7 Å². The third-order valence-corrected chi connectivity index (χ3v) is 5.21. The molecule has 0 unspecified atom stereocenters. The second-order valence-electron chi connectivity index (χ2n) is 6.87. The highest BCUT2D eigenvalue weighted by atomic mass is 35.5. The van der Waals surface area contributed by atoms with Crippen LogP contribution in [0.3, 0.4) is 0 Å². The fourth-order valence-corrected chi connectivity index (χ4v) is 3.62. The summed E-state index contributed by atoms with van der Waals surface area (Å²) in [5.41, 5.74) is 1.23. The third kappa shape index (κ3) is 5.52. The van der Waals surface area contributed by atoms with Gasteiger partial charge in [-0.2, -0.15) is 0 Å². The lowest BCUT2D eigenvalue weighted by Crippen LogP contribution is -2.52. The second kappa shape index (κ2) is 10.2. The summed E-state index contributed by atoms with van der Waals surface area (Å²) in [7, 11) is 1.83. The van der Waals surface area contributed by atoms with E-state index in [4.69, 9.17) is 11.6 Å². The first-order valence-electron chi connectivity index (χ1n) is 9.79. The van der Waals surface area contributed by atoms with Gasteiger partial charge in [-0.3, -0.25) is 9.79 Å². The van der Waals surface area contributed by atoms with Gasteiger partial charge < -0.3 is 19.7 Å². The van der Waals surface area contributed by atoms with Gasteiger partial charge in [0.1, 0.15) is 0 Å². The molecule has 1 aromatic heterocycles. The second-order valence-corrected chi connectivity index (χ2v) is 7.30. The van der Waals surface area contributed by atoms with E-state index in [1.807, 2.05) is 37.5 Å². The topological polar surface area (TPSA) is 52.9 Å². The fourth-order valence-electron chi connectivity index (χ4n) is 3.43. The van der Waals surface area contributed by atoms with Crippen LogP contribution in [0.15, 0.2) is 58.4 Å². The molecule has 2 aromatic rings. The van der Waals surface area contributed by atoms with E-state index in [9.17, 15) is 4.79 Å². The average molecular weight is 402 g/mol. The van der Waals surface area contributed by atoms with Crippen molar-refractivity contribution in [2.75, 3.05) is 44.7 Å². The summed E-state index contributed by atoms with van der Waals surface area (Å²) < 4.78 is 1.75. The van der Waals surface area contributed by atoms with Crippen molar-refractivity contribution < 1.29 is 0 Å². The number of anilines is 1. The molecule has 1 aromatic carbocycles. The third-order valence-electron chi connectivity index (χ3n) is 4.97. The van der Waals surface area contributed by atoms with Gasteiger partial charge in [-0.05, 0) is 37.1 Å². The summed E-state index contributed by atoms with van der Waals surface area (Å²) in [6.07, 6.45) is 3.79. The normalized spacial score (nSPS) is 15.0. The molecule has 0 amide bonds. The quantitative estimate of drug-likeness (QED) is 0.459. The number of nitrogens with zero attached hydrogens (tertiary/aromatic N) is 4. The molecule has 1 N–H and O–H groups in total. The van der Waals surface area contributed by atoms with E-state index < -0.39 is 0 Å². The molecule has 2 heterocycles. The molecule has 0 atom stereocenters. The number of aromatic nitrogens is 1. The lowest BCUT2D eigenvalue weighted by atomic mass is 10.2. The van der Waals surface area contributed by atoms with Gasteiger partial charge in [0.05, 0.1) is 0 Å². The molecule has 6 nitrogen and oxygen atoms in total. The van der Waals surface area contributed by atoms with E-state index in [1.165, 1.54) is 5.69 Å². The summed E-state index contributed by atoms with van der Waals surface area (Å²) in [6, 6.07) is 13.3. The molecular formula is C21H28ClN5O. The van der Waals surface area contributed by atoms with Crippen LogP contribution in [-0.4, -0.2) is 55.2 Å². The molecular weight excluding hydrogens is 374 g/mol. The van der Waals surface area contributed by atoms with E-state index in [0.717, 1.165) is 63.1 Å². The van der Waals surface area contributed by atoms with Crippen LogP contribution in [0, 0.1) is 0 Å². The number of pyridine rings is 1. The number of hydrogen-bond acceptors (Lipinski definition) is 3. The SMILES string of the molecule is CN=C(NCCCCn1ccccc1=O)N1CCN(c2cccc(Cl)c2)CC1. The Morgan fingerprint density at radius 3 is 2.64 bits per heavy atom. The van der Waals surface area contributed by atoms with E-state index in [-0.39, 0.29) is 5.56 Å². The van der Waals surface area contributed by atoms with Gasteiger partial charge >= 0.3 is 0 Å². The monoisotopic (exact) mass is 401 g/mol. The van der Waals surface area contributed by atoms with Gasteiger partial charge in [0.25, 0.3) is 0 Å². The van der Waals surface area contributed by atoms with Crippen LogP contribution in [0.25, 0.3) is 0 Å². The van der Waals surface area contributed by atoms with Crippen LogP contribution in [0.4, 0.5) is 5.69 Å². The number of aryl methyl sites for hydroxylation is 1. The fraction of sp³-hybridized carbons (Fsp3) is 0.429. The van der Waals surface area contributed by atoms with Crippen LogP contribution in [0.5, 0.6) is 0 Å². The molecule has 3 rings (SSSR count). The Hall–Kier alpha value is -2.47. The van der Waals surface area contributed by atoms with Crippen molar-refractivity contribution in [1.29, 1.82) is 0 Å². The Balaban J connectivity index is 1.40. The van der Waals surface area contributed by atoms with Gasteiger partial charge in [0.2, 0.25) is 5.56 Å². The largest absolute Gasteiger partial charge is 0.368 e. The molecule has 0 spiro atoms. The first kappa shape index (κ1) is 20.3. The van der Waals surface area contributed by atoms with Crippen molar-refractivity contribution in [1.82, 2.24) is 14.8 Å². The molecule has 1 fully saturated rings. The van der Waals surface area contributed by atoms with E-state index >= 15 is 0 Å². The lowest BCUT2D eigenvalue weighted by molar-refractivity contribution is 0.372. The Morgan fingerprint density at radius 1 is 1.11 bits per heavy atom. The van der Waals surface area contributed by atoms with Gasteiger partial charge in [0, 0.05) is 69.3 Å². The number of rotatable bonds is 6. The molecule has 0 aliphatic carbocycles. The molecule has 28 heavy (non-hydrogen) atoms. The average Bonchev–Trinajstić information content (AvgIpc) is 2.72. The molecule has 1 aliphatic rings. The van der Waals surface area contributed by atoms with E-state index in [2.05, 4.69) is 26.2 Å². The Kier molecular flexibility index (Phi) is 7.37. The zero-order chi connectivity index (χ0) is 19.8. The predicted octanol–water partition coefficient (Wildman–Crippen LogP) is 2.68. The highest BCUT2D eigenvalue weighted by Crippen LogP contribution is 2.20. The Morgan fingerprint density at radius 2 is 1.93 bits per heavy atom. The molecule has 1 saturated heterocycles. The van der Waals surface area contributed by atoms with Gasteiger partial charge in [-0.25, -0.2) is 0 Å². The van der Waals surface area contributed by atoms with Crippen molar-refractivity contribution in [3.8, 4) is 0 Å². The van der Waals surface area contributed by atoms with Gasteiger partial charge in [-0.15, -0.1) is 0 Å². The van der Waals surface area contributed by atoms with E-state index in [1.54, 1.807) is 16.7 Å². The number of halogens is 1. The van der Waals surface area contributed by atoms with Crippen LogP contribution in [0.2, 0.25) is 5.02 Å². The number of benzene rings is 1. The maximum absolute atomic E-state index is 11.7. The van der Waals surface area contributed by atoms with Gasteiger partial charge in [0.15, 0.2) is 5.96 Å². The first-order valence-corrected chi connectivity index (χ1v) is 10.2. The summed E-state index contributed by atoms with van der Waals surface area (Å²) >= 11 is 6.11. The Bertz CT molecular complexity index is 842. The zero-order valence-electron chi connectivity index (χ0n) is 16.4. The van der Waals surface area contributed by atoms with Crippen molar-refractivity contribution >= 4 is 23.2 Å². The number of unbranched alkanes of at least 4 members (excludes halogenated alkanes) is 1. The highest BCUT2D eigenvalue weighted by Gasteiger charge is 2.19. The number of piperazine rings is 1. The minimum Gasteiger partial charge on any atom is -0.368 e. The van der Waals surface area contributed by atoms with Crippen molar-refractivity contribution in [3.05, 3.63) is 64.0 Å². The molecule has 0 saturated carbocycles. The van der Waals surface area contributed by atoms with Crippen LogP contribution in [-0.2, 0) is 6.54 Å². The summed E-state index contributed by atoms with van der Waals surface area (Å²) in [6.45, 7) is 5.33. The highest BCUT2D eigenvalue weighted by molar-refractivity contribution is 6.30. The molecule has 0 radical (unpaired) electrons. The first-order chi connectivity index (χ1) is 13.7. The maximum Gasteiger partial charge on any atom is 0.250 e. The number of hydrogen-bond donors (Lipinski definition) is 1. The summed E-state index contributed by atoms with van der Waals surface area (Å²) in [5, 5.41) is 4.23. The zero-order valence-corrected chi connectivity index (χ0v) is 17.1. The standard InChI is InChI=1S/C21H28ClN5O/c1-23-21(24-10-3-5-12-26-11-4-2-9-20(26)28)27-15-13-25(14-16-27)19-8-6-7-18(22)17-19/h2,4,6-9,11,17H,3,5,10,12-16H2,1H3,(H,23,24). The molecule has 1 aliphatic heterocycles. The molecule has 0 bridgehead atoms. The van der Waals surface area contributed by atoms with Crippen molar-refractivity contribution in [3.63, 3.8) is 0 Å². The molecule has 150 valence electrons. The van der Waals surface area contributed by atoms with Crippen LogP contribution in [0.1, 0.15) is 12.8 Å². The van der Waals surface area contributed by atoms with Crippen LogP contribution < -0.4 is 15.8 Å². The number of aliphatic imine (C=N–C) groups is 1. The number of guanidine groups is 1. The predicted molar refractivity (Wildman–Crippen MR) is 117 cm³/mol. The van der Waals surface area contributed by atoms with Crippen LogP contribution >= 0.6 is 11.6 Å². The summed E-state index contributed by atoms with van der Waals surface area (Å²) in [4.78, 5) is 20.8. The minimum absolute atomic E-state index is 0.0591. The maximum atomic E-state index is 11.7. The van der Waals surface area contributed by atoms with Crippen molar-refractivity contribution in [2.45, 2.75) is 19.4 Å². The van der Waals surface area contributed by atoms with Crippen molar-refractivity contribution in [2.24, 2.45) is 4.99 Å². The number of nitrogens with one attached hydrogen (secondary N) is 1. The minimum atomic E-state index is 0.0591. The molecule has 7 heteroatoms. The lowest BCUT2D eigenvalue weighted by Gasteiger charge is -2.37. The van der Waals surface area contributed by atoms with E-state index in [0.29, 0.717) is 0 Å². The smallest absolute Gasteiger partial charge is 0.250 e. The Labute approximate surface area is 171 Å².